The molecule has 0 radical (unpaired) electrons. The van der Waals surface area contributed by atoms with Crippen LogP contribution in [0.5, 0.6) is 0 Å². The fourth-order valence-corrected chi connectivity index (χ4v) is 2.80. The molecular formula is C20H20N2O2. The lowest BCUT2D eigenvalue weighted by Crippen LogP contribution is -2.29. The maximum Gasteiger partial charge on any atom is 0.253 e. The molecule has 122 valence electrons. The average molecular weight is 320 g/mol. The first-order valence-electron chi connectivity index (χ1n) is 8.02. The number of hydrogen-bond donors (Lipinski definition) is 2. The summed E-state index contributed by atoms with van der Waals surface area (Å²) in [7, 11) is 0. The van der Waals surface area contributed by atoms with Crippen LogP contribution in [0.25, 0.3) is 10.9 Å². The number of fused-ring (bicyclic) bond motifs is 1. The van der Waals surface area contributed by atoms with Gasteiger partial charge in [0.05, 0.1) is 17.1 Å². The molecular weight excluding hydrogens is 300 g/mol. The van der Waals surface area contributed by atoms with Crippen LogP contribution in [-0.4, -0.2) is 22.6 Å². The molecule has 2 aromatic carbocycles. The highest BCUT2D eigenvalue weighted by molar-refractivity contribution is 6.05. The molecule has 0 aliphatic carbocycles. The lowest BCUT2D eigenvalue weighted by atomic mass is 10.0. The number of pyridine rings is 1. The molecule has 2 N–H and O–H groups in total. The minimum Gasteiger partial charge on any atom is -0.396 e. The van der Waals surface area contributed by atoms with E-state index in [1.54, 1.807) is 6.07 Å². The molecule has 24 heavy (non-hydrogen) atoms. The number of nitrogens with zero attached hydrogens (tertiary/aromatic N) is 1. The van der Waals surface area contributed by atoms with Crippen molar-refractivity contribution in [1.29, 1.82) is 0 Å². The van der Waals surface area contributed by atoms with Gasteiger partial charge in [0, 0.05) is 17.7 Å². The molecule has 0 fully saturated rings. The van der Waals surface area contributed by atoms with Crippen molar-refractivity contribution < 1.29 is 9.90 Å². The van der Waals surface area contributed by atoms with Crippen LogP contribution in [0.2, 0.25) is 0 Å². The maximum absolute atomic E-state index is 12.8. The highest BCUT2D eigenvalue weighted by Crippen LogP contribution is 2.20. The fraction of sp³-hybridized carbons (Fsp3) is 0.200. The second-order valence-corrected chi connectivity index (χ2v) is 5.78. The first-order valence-corrected chi connectivity index (χ1v) is 8.02. The van der Waals surface area contributed by atoms with E-state index in [1.165, 1.54) is 0 Å². The molecule has 4 heteroatoms. The smallest absolute Gasteiger partial charge is 0.253 e. The van der Waals surface area contributed by atoms with Gasteiger partial charge in [-0.2, -0.15) is 0 Å². The molecule has 0 saturated heterocycles. The van der Waals surface area contributed by atoms with Crippen LogP contribution in [0.15, 0.2) is 60.7 Å². The Kier molecular flexibility index (Phi) is 4.87. The summed E-state index contributed by atoms with van der Waals surface area (Å²) in [4.78, 5) is 17.3. The molecule has 1 atom stereocenters. The van der Waals surface area contributed by atoms with Crippen LogP contribution >= 0.6 is 0 Å². The number of aliphatic hydroxyl groups excluding tert-OH is 1. The number of benzene rings is 2. The van der Waals surface area contributed by atoms with Crippen LogP contribution in [0, 0.1) is 6.92 Å². The van der Waals surface area contributed by atoms with E-state index in [2.05, 4.69) is 10.3 Å². The van der Waals surface area contributed by atoms with Crippen LogP contribution in [0.4, 0.5) is 0 Å². The Labute approximate surface area is 141 Å². The van der Waals surface area contributed by atoms with Crippen molar-refractivity contribution in [2.75, 3.05) is 6.61 Å². The van der Waals surface area contributed by atoms with Crippen LogP contribution in [0.1, 0.15) is 34.1 Å². The van der Waals surface area contributed by atoms with Crippen molar-refractivity contribution >= 4 is 16.8 Å². The van der Waals surface area contributed by atoms with Crippen molar-refractivity contribution in [2.24, 2.45) is 0 Å². The van der Waals surface area contributed by atoms with Gasteiger partial charge in [-0.1, -0.05) is 48.5 Å². The zero-order valence-corrected chi connectivity index (χ0v) is 13.6. The Morgan fingerprint density at radius 2 is 1.88 bits per heavy atom. The molecule has 0 aliphatic rings. The van der Waals surface area contributed by atoms with Gasteiger partial charge in [-0.05, 0) is 31.0 Å². The van der Waals surface area contributed by atoms with Crippen molar-refractivity contribution in [3.63, 3.8) is 0 Å². The van der Waals surface area contributed by atoms with E-state index in [1.807, 2.05) is 61.5 Å². The first kappa shape index (κ1) is 16.1. The van der Waals surface area contributed by atoms with E-state index in [-0.39, 0.29) is 18.6 Å². The Hall–Kier alpha value is -2.72. The third-order valence-electron chi connectivity index (χ3n) is 4.03. The summed E-state index contributed by atoms with van der Waals surface area (Å²) < 4.78 is 0. The number of carbonyl (C=O) groups is 1. The van der Waals surface area contributed by atoms with Gasteiger partial charge in [-0.3, -0.25) is 9.78 Å². The van der Waals surface area contributed by atoms with E-state index in [9.17, 15) is 9.90 Å². The number of carbonyl (C=O) groups excluding carboxylic acids is 1. The number of aryl methyl sites for hydroxylation is 1. The molecule has 1 amide bonds. The third-order valence-corrected chi connectivity index (χ3v) is 4.03. The topological polar surface area (TPSA) is 62.2 Å². The average Bonchev–Trinajstić information content (AvgIpc) is 2.61. The predicted molar refractivity (Wildman–Crippen MR) is 94.8 cm³/mol. The van der Waals surface area contributed by atoms with Gasteiger partial charge >= 0.3 is 0 Å². The third kappa shape index (κ3) is 3.44. The van der Waals surface area contributed by atoms with Gasteiger partial charge in [-0.25, -0.2) is 0 Å². The molecule has 0 saturated carbocycles. The second kappa shape index (κ2) is 7.23. The van der Waals surface area contributed by atoms with Crippen LogP contribution in [-0.2, 0) is 0 Å². The number of nitrogens with one attached hydrogen (secondary N) is 1. The quantitative estimate of drug-likeness (QED) is 0.757. The zero-order valence-electron chi connectivity index (χ0n) is 13.6. The summed E-state index contributed by atoms with van der Waals surface area (Å²) in [5, 5.41) is 13.3. The second-order valence-electron chi connectivity index (χ2n) is 5.78. The standard InChI is InChI=1S/C20H20N2O2/c1-14-10-11-16-8-5-9-17(19(16)21-14)20(24)22-18(12-13-23)15-6-3-2-4-7-15/h2-11,18,23H,12-13H2,1H3,(H,22,24). The van der Waals surface area contributed by atoms with Gasteiger partial charge in [0.2, 0.25) is 0 Å². The van der Waals surface area contributed by atoms with Gasteiger partial charge in [0.15, 0.2) is 0 Å². The molecule has 3 aromatic rings. The van der Waals surface area contributed by atoms with Crippen molar-refractivity contribution in [3.05, 3.63) is 77.5 Å². The number of aliphatic hydroxyl groups is 1. The van der Waals surface area contributed by atoms with Gasteiger partial charge in [0.1, 0.15) is 0 Å². The highest BCUT2D eigenvalue weighted by atomic mass is 16.3. The molecule has 1 aromatic heterocycles. The highest BCUT2D eigenvalue weighted by Gasteiger charge is 2.17. The maximum atomic E-state index is 12.8. The van der Waals surface area contributed by atoms with Gasteiger partial charge in [0.25, 0.3) is 5.91 Å². The van der Waals surface area contributed by atoms with E-state index < -0.39 is 0 Å². The Morgan fingerprint density at radius 3 is 2.62 bits per heavy atom. The number of hydrogen-bond acceptors (Lipinski definition) is 3. The number of rotatable bonds is 5. The minimum atomic E-state index is -0.233. The summed E-state index contributed by atoms with van der Waals surface area (Å²) in [6.45, 7) is 1.92. The molecule has 1 unspecified atom stereocenters. The van der Waals surface area contributed by atoms with Crippen molar-refractivity contribution in [2.45, 2.75) is 19.4 Å². The lowest BCUT2D eigenvalue weighted by molar-refractivity contribution is 0.0931. The summed E-state index contributed by atoms with van der Waals surface area (Å²) in [6.07, 6.45) is 0.465. The van der Waals surface area contributed by atoms with E-state index in [0.717, 1.165) is 16.6 Å². The summed E-state index contributed by atoms with van der Waals surface area (Å²) in [5.74, 6) is -0.180. The number of para-hydroxylation sites is 1. The first-order chi connectivity index (χ1) is 11.7. The summed E-state index contributed by atoms with van der Waals surface area (Å²) >= 11 is 0. The van der Waals surface area contributed by atoms with Crippen molar-refractivity contribution in [1.82, 2.24) is 10.3 Å². The molecule has 1 heterocycles. The van der Waals surface area contributed by atoms with Gasteiger partial charge in [-0.15, -0.1) is 0 Å². The molecule has 4 nitrogen and oxygen atoms in total. The Balaban J connectivity index is 1.92. The molecule has 0 spiro atoms. The van der Waals surface area contributed by atoms with Crippen LogP contribution < -0.4 is 5.32 Å². The van der Waals surface area contributed by atoms with E-state index in [4.69, 9.17) is 0 Å². The Bertz CT molecular complexity index is 847. The van der Waals surface area contributed by atoms with E-state index >= 15 is 0 Å². The monoisotopic (exact) mass is 320 g/mol. The van der Waals surface area contributed by atoms with Gasteiger partial charge < -0.3 is 10.4 Å². The van der Waals surface area contributed by atoms with Crippen LogP contribution in [0.3, 0.4) is 0 Å². The fourth-order valence-electron chi connectivity index (χ4n) is 2.80. The summed E-state index contributed by atoms with van der Waals surface area (Å²) in [5.41, 5.74) is 3.10. The SMILES string of the molecule is Cc1ccc2cccc(C(=O)NC(CCO)c3ccccc3)c2n1. The number of amides is 1. The summed E-state index contributed by atoms with van der Waals surface area (Å²) in [6, 6.07) is 18.9. The minimum absolute atomic E-state index is 0.00668. The zero-order chi connectivity index (χ0) is 16.9. The predicted octanol–water partition coefficient (Wildman–Crippen LogP) is 3.40. The molecule has 3 rings (SSSR count). The largest absolute Gasteiger partial charge is 0.396 e. The number of aromatic nitrogens is 1. The lowest BCUT2D eigenvalue weighted by Gasteiger charge is -2.19. The molecule has 0 aliphatic heterocycles. The normalized spacial score (nSPS) is 12.1. The Morgan fingerprint density at radius 1 is 1.08 bits per heavy atom. The molecule has 0 bridgehead atoms. The van der Waals surface area contributed by atoms with E-state index in [0.29, 0.717) is 17.5 Å². The van der Waals surface area contributed by atoms with Crippen molar-refractivity contribution in [3.8, 4) is 0 Å².